The molecule has 8 nitrogen and oxygen atoms in total. The molecule has 2 aromatic heterocycles. The van der Waals surface area contributed by atoms with Gasteiger partial charge in [0.15, 0.2) is 11.6 Å². The molecule has 0 aliphatic rings. The average Bonchev–Trinajstić information content (AvgIpc) is 2.63. The van der Waals surface area contributed by atoms with Crippen molar-refractivity contribution in [3.05, 3.63) is 64.5 Å². The van der Waals surface area contributed by atoms with Gasteiger partial charge in [0.05, 0.1) is 0 Å². The zero-order valence-corrected chi connectivity index (χ0v) is 15.4. The Morgan fingerprint density at radius 1 is 1.08 bits per heavy atom. The second-order valence-electron chi connectivity index (χ2n) is 5.41. The van der Waals surface area contributed by atoms with Crippen molar-refractivity contribution in [3.63, 3.8) is 0 Å². The number of anilines is 4. The fourth-order valence-electron chi connectivity index (χ4n) is 2.11. The number of aromatic nitrogens is 3. The van der Waals surface area contributed by atoms with Gasteiger partial charge >= 0.3 is 0 Å². The maximum absolute atomic E-state index is 12.2. The summed E-state index contributed by atoms with van der Waals surface area (Å²) in [5.74, 6) is 0.963. The van der Waals surface area contributed by atoms with Crippen LogP contribution in [0.4, 0.5) is 23.1 Å². The zero-order chi connectivity index (χ0) is 18.5. The molecule has 0 saturated carbocycles. The van der Waals surface area contributed by atoms with E-state index in [0.29, 0.717) is 17.2 Å². The van der Waals surface area contributed by atoms with Gasteiger partial charge in [0, 0.05) is 16.2 Å². The predicted octanol–water partition coefficient (Wildman–Crippen LogP) is 3.03. The maximum atomic E-state index is 12.2. The van der Waals surface area contributed by atoms with E-state index in [1.54, 1.807) is 30.5 Å². The lowest BCUT2D eigenvalue weighted by atomic mass is 10.2. The van der Waals surface area contributed by atoms with Crippen LogP contribution in [0.1, 0.15) is 15.9 Å². The molecule has 0 saturated heterocycles. The molecule has 0 unspecified atom stereocenters. The first-order valence-electron chi connectivity index (χ1n) is 7.65. The lowest BCUT2D eigenvalue weighted by molar-refractivity contribution is 0.0962. The maximum Gasteiger partial charge on any atom is 0.269 e. The van der Waals surface area contributed by atoms with Gasteiger partial charge in [0.25, 0.3) is 5.91 Å². The van der Waals surface area contributed by atoms with Crippen molar-refractivity contribution in [2.45, 2.75) is 6.92 Å². The molecule has 26 heavy (non-hydrogen) atoms. The zero-order valence-electron chi connectivity index (χ0n) is 13.8. The molecule has 0 aliphatic heterocycles. The highest BCUT2D eigenvalue weighted by Crippen LogP contribution is 2.24. The highest BCUT2D eigenvalue weighted by atomic mass is 79.9. The number of amides is 1. The Bertz CT molecular complexity index is 931. The standard InChI is InChI=1S/C17H16BrN7O/c1-10-6-7-20-13(8-10)23-15-14(19)16(22-9-21-15)24-25-17(26)11-2-4-12(18)5-3-11/h2-9H,19H2,1H3,(H,25,26)(H2,20,21,22,23,24). The van der Waals surface area contributed by atoms with Gasteiger partial charge in [-0.3, -0.25) is 15.6 Å². The minimum Gasteiger partial charge on any atom is -0.393 e. The van der Waals surface area contributed by atoms with Gasteiger partial charge in [-0.05, 0) is 48.9 Å². The molecule has 0 aliphatic carbocycles. The Kier molecular flexibility index (Phi) is 5.28. The van der Waals surface area contributed by atoms with Crippen LogP contribution in [0.15, 0.2) is 53.4 Å². The number of rotatable bonds is 5. The third-order valence-electron chi connectivity index (χ3n) is 3.45. The average molecular weight is 414 g/mol. The van der Waals surface area contributed by atoms with Crippen LogP contribution in [0.2, 0.25) is 0 Å². The second-order valence-corrected chi connectivity index (χ2v) is 6.33. The van der Waals surface area contributed by atoms with Crippen LogP contribution in [0.25, 0.3) is 0 Å². The van der Waals surface area contributed by atoms with E-state index in [-0.39, 0.29) is 17.4 Å². The molecule has 132 valence electrons. The SMILES string of the molecule is Cc1ccnc(Nc2ncnc(NNC(=O)c3ccc(Br)cc3)c2N)c1. The summed E-state index contributed by atoms with van der Waals surface area (Å²) in [5, 5.41) is 3.03. The third-order valence-corrected chi connectivity index (χ3v) is 3.98. The van der Waals surface area contributed by atoms with Gasteiger partial charge in [-0.1, -0.05) is 15.9 Å². The topological polar surface area (TPSA) is 118 Å². The van der Waals surface area contributed by atoms with Crippen LogP contribution in [0, 0.1) is 6.92 Å². The normalized spacial score (nSPS) is 10.2. The molecule has 0 spiro atoms. The minimum atomic E-state index is -0.314. The number of aryl methyl sites for hydroxylation is 1. The van der Waals surface area contributed by atoms with Crippen LogP contribution >= 0.6 is 15.9 Å². The summed E-state index contributed by atoms with van der Waals surface area (Å²) < 4.78 is 0.891. The first-order chi connectivity index (χ1) is 12.5. The van der Waals surface area contributed by atoms with Crippen molar-refractivity contribution in [1.29, 1.82) is 0 Å². The van der Waals surface area contributed by atoms with E-state index in [0.717, 1.165) is 10.0 Å². The van der Waals surface area contributed by atoms with Crippen molar-refractivity contribution in [2.24, 2.45) is 0 Å². The molecule has 3 rings (SSSR count). The number of hydrogen-bond donors (Lipinski definition) is 4. The molecule has 5 N–H and O–H groups in total. The lowest BCUT2D eigenvalue weighted by Gasteiger charge is -2.13. The quantitative estimate of drug-likeness (QED) is 0.474. The number of halogens is 1. The van der Waals surface area contributed by atoms with Crippen LogP contribution in [0.5, 0.6) is 0 Å². The van der Waals surface area contributed by atoms with Crippen molar-refractivity contribution < 1.29 is 4.79 Å². The molecule has 2 heterocycles. The van der Waals surface area contributed by atoms with Crippen molar-refractivity contribution >= 4 is 45.0 Å². The molecule has 0 fully saturated rings. The summed E-state index contributed by atoms with van der Waals surface area (Å²) in [5.41, 5.74) is 13.2. The number of nitrogen functional groups attached to an aromatic ring is 1. The van der Waals surface area contributed by atoms with E-state index in [1.165, 1.54) is 6.33 Å². The van der Waals surface area contributed by atoms with E-state index >= 15 is 0 Å². The Morgan fingerprint density at radius 2 is 1.81 bits per heavy atom. The smallest absolute Gasteiger partial charge is 0.269 e. The molecule has 0 atom stereocenters. The molecular formula is C17H16BrN7O. The molecule has 3 aromatic rings. The van der Waals surface area contributed by atoms with Gasteiger partial charge in [-0.2, -0.15) is 0 Å². The summed E-state index contributed by atoms with van der Waals surface area (Å²) in [7, 11) is 0. The van der Waals surface area contributed by atoms with E-state index in [9.17, 15) is 4.79 Å². The van der Waals surface area contributed by atoms with Gasteiger partial charge in [-0.25, -0.2) is 15.0 Å². The number of carbonyl (C=O) groups is 1. The highest BCUT2D eigenvalue weighted by Gasteiger charge is 2.11. The fraction of sp³-hybridized carbons (Fsp3) is 0.0588. The molecule has 1 amide bonds. The van der Waals surface area contributed by atoms with Gasteiger partial charge in [0.2, 0.25) is 0 Å². The van der Waals surface area contributed by atoms with Crippen LogP contribution < -0.4 is 21.9 Å². The number of nitrogens with zero attached hydrogens (tertiary/aromatic N) is 3. The number of benzene rings is 1. The summed E-state index contributed by atoms with van der Waals surface area (Å²) in [6, 6.07) is 10.7. The first-order valence-corrected chi connectivity index (χ1v) is 8.44. The molecule has 1 aromatic carbocycles. The van der Waals surface area contributed by atoms with Crippen LogP contribution in [-0.2, 0) is 0 Å². The summed E-state index contributed by atoms with van der Waals surface area (Å²) in [4.78, 5) is 24.5. The monoisotopic (exact) mass is 413 g/mol. The van der Waals surface area contributed by atoms with Crippen LogP contribution in [-0.4, -0.2) is 20.9 Å². The second kappa shape index (κ2) is 7.79. The Morgan fingerprint density at radius 3 is 2.54 bits per heavy atom. The van der Waals surface area contributed by atoms with E-state index < -0.39 is 0 Å². The number of nitrogens with one attached hydrogen (secondary N) is 3. The summed E-state index contributed by atoms with van der Waals surface area (Å²) in [6.07, 6.45) is 3.02. The van der Waals surface area contributed by atoms with E-state index in [2.05, 4.69) is 47.1 Å². The Balaban J connectivity index is 1.70. The summed E-state index contributed by atoms with van der Waals surface area (Å²) >= 11 is 3.33. The number of pyridine rings is 1. The van der Waals surface area contributed by atoms with E-state index in [1.807, 2.05) is 19.1 Å². The molecule has 9 heteroatoms. The van der Waals surface area contributed by atoms with Crippen LogP contribution in [0.3, 0.4) is 0 Å². The fourth-order valence-corrected chi connectivity index (χ4v) is 2.37. The Labute approximate surface area is 158 Å². The third kappa shape index (κ3) is 4.25. The van der Waals surface area contributed by atoms with Gasteiger partial charge < -0.3 is 11.1 Å². The number of hydrogen-bond acceptors (Lipinski definition) is 7. The number of hydrazine groups is 1. The molecule has 0 bridgehead atoms. The summed E-state index contributed by atoms with van der Waals surface area (Å²) in [6.45, 7) is 1.96. The van der Waals surface area contributed by atoms with Crippen molar-refractivity contribution in [3.8, 4) is 0 Å². The first kappa shape index (κ1) is 17.6. The number of nitrogens with two attached hydrogens (primary N) is 1. The van der Waals surface area contributed by atoms with E-state index in [4.69, 9.17) is 5.73 Å². The highest BCUT2D eigenvalue weighted by molar-refractivity contribution is 9.10. The molecule has 0 radical (unpaired) electrons. The lowest BCUT2D eigenvalue weighted by Crippen LogP contribution is -2.30. The van der Waals surface area contributed by atoms with Gasteiger partial charge in [-0.15, -0.1) is 0 Å². The Hall–Kier alpha value is -3.20. The van der Waals surface area contributed by atoms with Crippen molar-refractivity contribution in [1.82, 2.24) is 20.4 Å². The number of carbonyl (C=O) groups excluding carboxylic acids is 1. The molecular weight excluding hydrogens is 398 g/mol. The van der Waals surface area contributed by atoms with Crippen molar-refractivity contribution in [2.75, 3.05) is 16.5 Å². The van der Waals surface area contributed by atoms with Gasteiger partial charge in [0.1, 0.15) is 17.8 Å². The predicted molar refractivity (Wildman–Crippen MR) is 104 cm³/mol. The largest absolute Gasteiger partial charge is 0.393 e. The minimum absolute atomic E-state index is 0.256.